The Morgan fingerprint density at radius 2 is 1.92 bits per heavy atom. The molecule has 25 heavy (non-hydrogen) atoms. The van der Waals surface area contributed by atoms with Gasteiger partial charge in [0.1, 0.15) is 5.75 Å². The number of aromatic nitrogens is 1. The lowest BCUT2D eigenvalue weighted by atomic mass is 10.1. The van der Waals surface area contributed by atoms with Crippen LogP contribution in [0, 0.1) is 5.92 Å². The van der Waals surface area contributed by atoms with Crippen molar-refractivity contribution >= 4 is 30.7 Å². The summed E-state index contributed by atoms with van der Waals surface area (Å²) in [5, 5.41) is 2.96. The molecule has 1 aliphatic rings. The molecular weight excluding hydrogens is 361 g/mol. The molecule has 1 aromatic carbocycles. The van der Waals surface area contributed by atoms with E-state index in [-0.39, 0.29) is 42.7 Å². The SMILES string of the molecule is Cl.Cl.NC1CCC(C(=O)NCc2ccc(Oc3ccccc3)nc2)C1. The fourth-order valence-corrected chi connectivity index (χ4v) is 2.77. The maximum atomic E-state index is 12.1. The minimum atomic E-state index is 0. The smallest absolute Gasteiger partial charge is 0.223 e. The van der Waals surface area contributed by atoms with Crippen molar-refractivity contribution in [3.8, 4) is 11.6 Å². The Hall–Kier alpha value is -1.82. The highest BCUT2D eigenvalue weighted by Gasteiger charge is 2.27. The van der Waals surface area contributed by atoms with E-state index in [1.165, 1.54) is 0 Å². The summed E-state index contributed by atoms with van der Waals surface area (Å²) in [6.07, 6.45) is 4.33. The number of nitrogens with two attached hydrogens (primary N) is 1. The molecule has 1 amide bonds. The lowest BCUT2D eigenvalue weighted by Crippen LogP contribution is -2.30. The average Bonchev–Trinajstić information content (AvgIpc) is 3.01. The van der Waals surface area contributed by atoms with Gasteiger partial charge in [-0.2, -0.15) is 0 Å². The topological polar surface area (TPSA) is 77.2 Å². The van der Waals surface area contributed by atoms with Gasteiger partial charge in [-0.3, -0.25) is 4.79 Å². The number of ether oxygens (including phenoxy) is 1. The van der Waals surface area contributed by atoms with E-state index in [1.807, 2.05) is 36.4 Å². The summed E-state index contributed by atoms with van der Waals surface area (Å²) in [5.74, 6) is 1.42. The Labute approximate surface area is 160 Å². The molecule has 0 radical (unpaired) electrons. The Morgan fingerprint density at radius 1 is 1.16 bits per heavy atom. The number of carbonyl (C=O) groups excluding carboxylic acids is 1. The second-order valence-corrected chi connectivity index (χ2v) is 5.91. The highest BCUT2D eigenvalue weighted by Crippen LogP contribution is 2.24. The van der Waals surface area contributed by atoms with Crippen molar-refractivity contribution in [2.45, 2.75) is 31.8 Å². The van der Waals surface area contributed by atoms with Gasteiger partial charge in [0.25, 0.3) is 0 Å². The summed E-state index contributed by atoms with van der Waals surface area (Å²) in [6.45, 7) is 0.475. The fourth-order valence-electron chi connectivity index (χ4n) is 2.77. The van der Waals surface area contributed by atoms with Crippen LogP contribution >= 0.6 is 24.8 Å². The number of benzene rings is 1. The number of para-hydroxylation sites is 1. The van der Waals surface area contributed by atoms with E-state index in [1.54, 1.807) is 12.3 Å². The molecule has 3 N–H and O–H groups in total. The zero-order valence-corrected chi connectivity index (χ0v) is 15.4. The predicted octanol–water partition coefficient (Wildman–Crippen LogP) is 3.46. The number of nitrogens with zero attached hydrogens (tertiary/aromatic N) is 1. The molecule has 1 saturated carbocycles. The van der Waals surface area contributed by atoms with Gasteiger partial charge in [-0.1, -0.05) is 24.3 Å². The Bertz CT molecular complexity index is 653. The van der Waals surface area contributed by atoms with Crippen LogP contribution in [0.25, 0.3) is 0 Å². The van der Waals surface area contributed by atoms with Gasteiger partial charge in [0.05, 0.1) is 0 Å². The predicted molar refractivity (Wildman–Crippen MR) is 102 cm³/mol. The molecule has 0 aliphatic heterocycles. The molecule has 5 nitrogen and oxygen atoms in total. The van der Waals surface area contributed by atoms with Gasteiger partial charge in [-0.25, -0.2) is 4.98 Å². The van der Waals surface area contributed by atoms with Gasteiger partial charge < -0.3 is 15.8 Å². The third-order valence-corrected chi connectivity index (χ3v) is 4.07. The van der Waals surface area contributed by atoms with E-state index in [0.717, 1.165) is 30.6 Å². The van der Waals surface area contributed by atoms with Crippen molar-refractivity contribution in [2.75, 3.05) is 0 Å². The van der Waals surface area contributed by atoms with Crippen molar-refractivity contribution in [3.05, 3.63) is 54.2 Å². The molecule has 2 aromatic rings. The first-order chi connectivity index (χ1) is 11.2. The lowest BCUT2D eigenvalue weighted by Gasteiger charge is -2.11. The van der Waals surface area contributed by atoms with Crippen LogP contribution < -0.4 is 15.8 Å². The second-order valence-electron chi connectivity index (χ2n) is 5.91. The lowest BCUT2D eigenvalue weighted by molar-refractivity contribution is -0.125. The maximum Gasteiger partial charge on any atom is 0.223 e. The summed E-state index contributed by atoms with van der Waals surface area (Å²) in [4.78, 5) is 16.3. The third kappa shape index (κ3) is 6.20. The monoisotopic (exact) mass is 383 g/mol. The molecule has 1 fully saturated rings. The van der Waals surface area contributed by atoms with Crippen molar-refractivity contribution in [2.24, 2.45) is 11.7 Å². The summed E-state index contributed by atoms with van der Waals surface area (Å²) in [7, 11) is 0. The van der Waals surface area contributed by atoms with Crippen molar-refractivity contribution in [1.29, 1.82) is 0 Å². The van der Waals surface area contributed by atoms with Gasteiger partial charge in [0.15, 0.2) is 0 Å². The van der Waals surface area contributed by atoms with Crippen LogP contribution in [0.5, 0.6) is 11.6 Å². The minimum absolute atomic E-state index is 0. The Balaban J connectivity index is 0.00000156. The molecule has 1 aromatic heterocycles. The first kappa shape index (κ1) is 21.2. The van der Waals surface area contributed by atoms with Crippen LogP contribution in [-0.2, 0) is 11.3 Å². The molecule has 0 saturated heterocycles. The molecule has 1 heterocycles. The first-order valence-electron chi connectivity index (χ1n) is 7.92. The minimum Gasteiger partial charge on any atom is -0.439 e. The number of hydrogen-bond donors (Lipinski definition) is 2. The standard InChI is InChI=1S/C18H21N3O2.2ClH/c19-15-8-7-14(10-15)18(22)21-12-13-6-9-17(20-11-13)23-16-4-2-1-3-5-16;;/h1-6,9,11,14-15H,7-8,10,12,19H2,(H,21,22);2*1H. The van der Waals surface area contributed by atoms with E-state index in [9.17, 15) is 4.79 Å². The van der Waals surface area contributed by atoms with Crippen molar-refractivity contribution in [1.82, 2.24) is 10.3 Å². The summed E-state index contributed by atoms with van der Waals surface area (Å²) >= 11 is 0. The average molecular weight is 384 g/mol. The molecule has 2 atom stereocenters. The van der Waals surface area contributed by atoms with Crippen LogP contribution in [0.15, 0.2) is 48.7 Å². The number of nitrogens with one attached hydrogen (secondary N) is 1. The zero-order valence-electron chi connectivity index (χ0n) is 13.8. The van der Waals surface area contributed by atoms with E-state index in [0.29, 0.717) is 12.4 Å². The number of halogens is 2. The van der Waals surface area contributed by atoms with Crippen molar-refractivity contribution in [3.63, 3.8) is 0 Å². The van der Waals surface area contributed by atoms with Crippen LogP contribution in [0.1, 0.15) is 24.8 Å². The third-order valence-electron chi connectivity index (χ3n) is 4.07. The van der Waals surface area contributed by atoms with Crippen LogP contribution in [0.2, 0.25) is 0 Å². The van der Waals surface area contributed by atoms with Crippen molar-refractivity contribution < 1.29 is 9.53 Å². The summed E-state index contributed by atoms with van der Waals surface area (Å²) in [5.41, 5.74) is 6.79. The largest absolute Gasteiger partial charge is 0.439 e. The van der Waals surface area contributed by atoms with E-state index in [4.69, 9.17) is 10.5 Å². The Morgan fingerprint density at radius 3 is 2.52 bits per heavy atom. The molecule has 136 valence electrons. The molecule has 0 spiro atoms. The van der Waals surface area contributed by atoms with Crippen LogP contribution in [0.4, 0.5) is 0 Å². The second kappa shape index (κ2) is 10.2. The van der Waals surface area contributed by atoms with Gasteiger partial charge in [-0.15, -0.1) is 24.8 Å². The molecular formula is C18H23Cl2N3O2. The molecule has 7 heteroatoms. The van der Waals surface area contributed by atoms with Gasteiger partial charge in [0.2, 0.25) is 11.8 Å². The molecule has 0 bridgehead atoms. The van der Waals surface area contributed by atoms with E-state index >= 15 is 0 Å². The number of carbonyl (C=O) groups is 1. The van der Waals surface area contributed by atoms with Crippen LogP contribution in [0.3, 0.4) is 0 Å². The Kier molecular flexibility index (Phi) is 8.69. The molecule has 3 rings (SSSR count). The fraction of sp³-hybridized carbons (Fsp3) is 0.333. The molecule has 2 unspecified atom stereocenters. The van der Waals surface area contributed by atoms with Crippen LogP contribution in [-0.4, -0.2) is 16.9 Å². The summed E-state index contributed by atoms with van der Waals surface area (Å²) in [6, 6.07) is 13.4. The number of pyridine rings is 1. The number of hydrogen-bond acceptors (Lipinski definition) is 4. The normalized spacial score (nSPS) is 18.6. The maximum absolute atomic E-state index is 12.1. The number of rotatable bonds is 5. The highest BCUT2D eigenvalue weighted by atomic mass is 35.5. The summed E-state index contributed by atoms with van der Waals surface area (Å²) < 4.78 is 5.64. The first-order valence-corrected chi connectivity index (χ1v) is 7.92. The van der Waals surface area contributed by atoms with E-state index in [2.05, 4.69) is 10.3 Å². The van der Waals surface area contributed by atoms with Gasteiger partial charge in [0, 0.05) is 30.8 Å². The van der Waals surface area contributed by atoms with E-state index < -0.39 is 0 Å². The zero-order chi connectivity index (χ0) is 16.1. The number of amides is 1. The van der Waals surface area contributed by atoms with Gasteiger partial charge in [-0.05, 0) is 37.0 Å². The van der Waals surface area contributed by atoms with Gasteiger partial charge >= 0.3 is 0 Å². The molecule has 1 aliphatic carbocycles. The quantitative estimate of drug-likeness (QED) is 0.828. The highest BCUT2D eigenvalue weighted by molar-refractivity contribution is 5.85.